The molecule has 2 amide bonds. The van der Waals surface area contributed by atoms with Crippen molar-refractivity contribution in [2.75, 3.05) is 5.32 Å². The summed E-state index contributed by atoms with van der Waals surface area (Å²) in [6.07, 6.45) is 0.221. The molecule has 3 N–H and O–H groups in total. The molecule has 1 aromatic rings. The first-order valence-electron chi connectivity index (χ1n) is 5.59. The van der Waals surface area contributed by atoms with Crippen LogP contribution in [0.5, 0.6) is 0 Å². The number of nitrogens with zero attached hydrogens (tertiary/aromatic N) is 1. The second kappa shape index (κ2) is 6.85. The number of anilines is 1. The smallest absolute Gasteiger partial charge is 0.326 e. The number of hydrogen-bond acceptors (Lipinski definition) is 4. The van der Waals surface area contributed by atoms with Crippen molar-refractivity contribution in [2.24, 2.45) is 0 Å². The Hall–Kier alpha value is -2.16. The molecule has 1 aromatic carbocycles. The first-order chi connectivity index (χ1) is 9.35. The summed E-state index contributed by atoms with van der Waals surface area (Å²) in [5, 5.41) is 24.1. The number of urea groups is 1. The molecule has 0 spiro atoms. The summed E-state index contributed by atoms with van der Waals surface area (Å²) in [5.41, 5.74) is -0.00859. The first kappa shape index (κ1) is 15.9. The molecule has 1 rings (SSSR count). The van der Waals surface area contributed by atoms with E-state index in [1.807, 2.05) is 0 Å². The van der Waals surface area contributed by atoms with Gasteiger partial charge in [0.1, 0.15) is 6.04 Å². The molecule has 0 unspecified atom stereocenters. The van der Waals surface area contributed by atoms with Crippen LogP contribution in [0.4, 0.5) is 16.2 Å². The molecule has 0 aliphatic carbocycles. The number of carbonyl (C=O) groups excluding carboxylic acids is 1. The maximum atomic E-state index is 11.6. The molecule has 0 aliphatic heterocycles. The van der Waals surface area contributed by atoms with Crippen LogP contribution in [-0.2, 0) is 4.79 Å². The Morgan fingerprint density at radius 2 is 2.15 bits per heavy atom. The summed E-state index contributed by atoms with van der Waals surface area (Å²) in [7, 11) is 0. The van der Waals surface area contributed by atoms with E-state index in [0.717, 1.165) is 0 Å². The number of benzene rings is 1. The maximum Gasteiger partial charge on any atom is 0.326 e. The zero-order valence-electron chi connectivity index (χ0n) is 10.4. The number of rotatable bonds is 5. The average molecular weight is 346 g/mol. The van der Waals surface area contributed by atoms with Crippen LogP contribution in [0, 0.1) is 10.1 Å². The molecule has 0 bridgehead atoms. The number of nitrogens with one attached hydrogen (secondary N) is 2. The molecular formula is C11H12BrN3O5. The predicted octanol–water partition coefficient (Wildman–Crippen LogP) is 2.34. The fraction of sp³-hybridized carbons (Fsp3) is 0.273. The van der Waals surface area contributed by atoms with Crippen LogP contribution < -0.4 is 10.6 Å². The van der Waals surface area contributed by atoms with Crippen LogP contribution in [0.15, 0.2) is 22.7 Å². The SMILES string of the molecule is CC[C@@H](NC(=O)Nc1cc([N+](=O)[O-])ccc1Br)C(=O)O. The summed E-state index contributed by atoms with van der Waals surface area (Å²) in [4.78, 5) is 32.5. The Morgan fingerprint density at radius 1 is 1.50 bits per heavy atom. The Morgan fingerprint density at radius 3 is 2.65 bits per heavy atom. The molecule has 1 atom stereocenters. The number of non-ortho nitro benzene ring substituents is 1. The van der Waals surface area contributed by atoms with Crippen LogP contribution in [-0.4, -0.2) is 28.1 Å². The van der Waals surface area contributed by atoms with E-state index in [0.29, 0.717) is 4.47 Å². The minimum absolute atomic E-state index is 0.178. The van der Waals surface area contributed by atoms with Crippen LogP contribution in [0.25, 0.3) is 0 Å². The normalized spacial score (nSPS) is 11.5. The average Bonchev–Trinajstić information content (AvgIpc) is 2.37. The number of carboxylic acids is 1. The van der Waals surface area contributed by atoms with Crippen LogP contribution in [0.1, 0.15) is 13.3 Å². The summed E-state index contributed by atoms with van der Waals surface area (Å²) >= 11 is 3.14. The van der Waals surface area contributed by atoms with E-state index >= 15 is 0 Å². The predicted molar refractivity (Wildman–Crippen MR) is 74.7 cm³/mol. The van der Waals surface area contributed by atoms with Gasteiger partial charge >= 0.3 is 12.0 Å². The molecule has 0 heterocycles. The highest BCUT2D eigenvalue weighted by molar-refractivity contribution is 9.10. The standard InChI is InChI=1S/C11H12BrN3O5/c1-2-8(10(16)17)13-11(18)14-9-5-6(15(19)20)3-4-7(9)12/h3-5,8H,2H2,1H3,(H,16,17)(H2,13,14,18)/t8-/m1/s1. The van der Waals surface area contributed by atoms with E-state index in [-0.39, 0.29) is 17.8 Å². The van der Waals surface area contributed by atoms with Gasteiger partial charge in [0.2, 0.25) is 0 Å². The molecule has 20 heavy (non-hydrogen) atoms. The van der Waals surface area contributed by atoms with E-state index in [9.17, 15) is 19.7 Å². The summed E-state index contributed by atoms with van der Waals surface area (Å²) in [6.45, 7) is 1.61. The van der Waals surface area contributed by atoms with Crippen LogP contribution >= 0.6 is 15.9 Å². The van der Waals surface area contributed by atoms with Crippen molar-refractivity contribution >= 4 is 39.3 Å². The van der Waals surface area contributed by atoms with Crippen LogP contribution in [0.3, 0.4) is 0 Å². The number of carboxylic acid groups (broad SMARTS) is 1. The molecule has 0 aliphatic rings. The van der Waals surface area contributed by atoms with Gasteiger partial charge in [0.25, 0.3) is 5.69 Å². The number of carbonyl (C=O) groups is 2. The van der Waals surface area contributed by atoms with Gasteiger partial charge in [0.05, 0.1) is 10.6 Å². The van der Waals surface area contributed by atoms with E-state index in [1.54, 1.807) is 6.92 Å². The molecule has 0 saturated carbocycles. The minimum Gasteiger partial charge on any atom is -0.480 e. The maximum absolute atomic E-state index is 11.6. The first-order valence-corrected chi connectivity index (χ1v) is 6.38. The van der Waals surface area contributed by atoms with Crippen molar-refractivity contribution in [3.8, 4) is 0 Å². The molecular weight excluding hydrogens is 334 g/mol. The van der Waals surface area contributed by atoms with Gasteiger partial charge in [-0.15, -0.1) is 0 Å². The molecule has 8 nitrogen and oxygen atoms in total. The van der Waals surface area contributed by atoms with Gasteiger partial charge in [-0.1, -0.05) is 6.92 Å². The van der Waals surface area contributed by atoms with Crippen molar-refractivity contribution in [3.05, 3.63) is 32.8 Å². The second-order valence-corrected chi connectivity index (χ2v) is 4.67. The molecule has 9 heteroatoms. The van der Waals surface area contributed by atoms with E-state index in [4.69, 9.17) is 5.11 Å². The minimum atomic E-state index is -1.15. The van der Waals surface area contributed by atoms with Crippen molar-refractivity contribution in [3.63, 3.8) is 0 Å². The number of hydrogen-bond donors (Lipinski definition) is 3. The van der Waals surface area contributed by atoms with Gasteiger partial charge in [-0.3, -0.25) is 10.1 Å². The zero-order valence-corrected chi connectivity index (χ0v) is 12.0. The van der Waals surface area contributed by atoms with Gasteiger partial charge in [-0.05, 0) is 28.4 Å². The summed E-state index contributed by atoms with van der Waals surface area (Å²) < 4.78 is 0.446. The lowest BCUT2D eigenvalue weighted by molar-refractivity contribution is -0.384. The van der Waals surface area contributed by atoms with Gasteiger partial charge in [0.15, 0.2) is 0 Å². The Kier molecular flexibility index (Phi) is 5.44. The van der Waals surface area contributed by atoms with Gasteiger partial charge in [-0.2, -0.15) is 0 Å². The monoisotopic (exact) mass is 345 g/mol. The van der Waals surface area contributed by atoms with Crippen molar-refractivity contribution in [2.45, 2.75) is 19.4 Å². The third kappa shape index (κ3) is 4.19. The Balaban J connectivity index is 2.82. The number of aliphatic carboxylic acids is 1. The number of nitro groups is 1. The highest BCUT2D eigenvalue weighted by Crippen LogP contribution is 2.26. The van der Waals surface area contributed by atoms with E-state index in [2.05, 4.69) is 26.6 Å². The number of nitro benzene ring substituents is 1. The second-order valence-electron chi connectivity index (χ2n) is 3.82. The lowest BCUT2D eigenvalue weighted by Crippen LogP contribution is -2.42. The lowest BCUT2D eigenvalue weighted by Gasteiger charge is -2.13. The highest BCUT2D eigenvalue weighted by Gasteiger charge is 2.18. The van der Waals surface area contributed by atoms with Gasteiger partial charge in [-0.25, -0.2) is 9.59 Å². The topological polar surface area (TPSA) is 122 Å². The summed E-state index contributed by atoms with van der Waals surface area (Å²) in [5.74, 6) is -1.15. The molecule has 0 saturated heterocycles. The third-order valence-corrected chi connectivity index (χ3v) is 3.11. The molecule has 0 radical (unpaired) electrons. The van der Waals surface area contributed by atoms with Crippen molar-refractivity contribution < 1.29 is 19.6 Å². The van der Waals surface area contributed by atoms with Crippen molar-refractivity contribution in [1.82, 2.24) is 5.32 Å². The fourth-order valence-corrected chi connectivity index (χ4v) is 1.72. The van der Waals surface area contributed by atoms with Crippen molar-refractivity contribution in [1.29, 1.82) is 0 Å². The third-order valence-electron chi connectivity index (χ3n) is 2.42. The Bertz CT molecular complexity index is 549. The number of amides is 2. The van der Waals surface area contributed by atoms with Crippen LogP contribution in [0.2, 0.25) is 0 Å². The lowest BCUT2D eigenvalue weighted by atomic mass is 10.2. The van der Waals surface area contributed by atoms with E-state index in [1.165, 1.54) is 18.2 Å². The number of halogens is 1. The molecule has 108 valence electrons. The van der Waals surface area contributed by atoms with Gasteiger partial charge < -0.3 is 15.7 Å². The molecule has 0 aromatic heterocycles. The molecule has 0 fully saturated rings. The highest BCUT2D eigenvalue weighted by atomic mass is 79.9. The quantitative estimate of drug-likeness (QED) is 0.558. The zero-order chi connectivity index (χ0) is 15.3. The summed E-state index contributed by atoms with van der Waals surface area (Å²) in [6, 6.07) is 2.10. The van der Waals surface area contributed by atoms with E-state index < -0.39 is 23.0 Å². The largest absolute Gasteiger partial charge is 0.480 e. The van der Waals surface area contributed by atoms with Gasteiger partial charge in [0, 0.05) is 16.6 Å². The Labute approximate surface area is 122 Å². The fourth-order valence-electron chi connectivity index (χ4n) is 1.38.